The zero-order valence-corrected chi connectivity index (χ0v) is 16.2. The van der Waals surface area contributed by atoms with Crippen LogP contribution in [0.15, 0.2) is 29.6 Å². The average molecular weight is 388 g/mol. The first kappa shape index (κ1) is 18.4. The van der Waals surface area contributed by atoms with E-state index in [2.05, 4.69) is 4.98 Å². The summed E-state index contributed by atoms with van der Waals surface area (Å²) in [6, 6.07) is 7.78. The van der Waals surface area contributed by atoms with Gasteiger partial charge in [0.2, 0.25) is 0 Å². The molecule has 0 aliphatic carbocycles. The van der Waals surface area contributed by atoms with Crippen LogP contribution >= 0.6 is 11.3 Å². The standard InChI is InChI=1S/C20H24N2O4S/c1-2-24-15-8-6-14(7-9-15)18-21-16(13-27-18)19(23)22-10-4-3-5-17(22)20-25-11-12-26-20/h6-9,13,17,20H,2-5,10-12H2,1H3. The number of carbonyl (C=O) groups is 1. The number of carbonyl (C=O) groups excluding carboxylic acids is 1. The van der Waals surface area contributed by atoms with Crippen LogP contribution in [0.4, 0.5) is 0 Å². The molecule has 1 aromatic heterocycles. The number of nitrogens with zero attached hydrogens (tertiary/aromatic N) is 2. The Morgan fingerprint density at radius 2 is 2.04 bits per heavy atom. The molecule has 6 nitrogen and oxygen atoms in total. The third-order valence-corrected chi connectivity index (χ3v) is 5.80. The molecule has 4 rings (SSSR count). The van der Waals surface area contributed by atoms with E-state index in [9.17, 15) is 4.79 Å². The van der Waals surface area contributed by atoms with E-state index in [4.69, 9.17) is 14.2 Å². The first-order chi connectivity index (χ1) is 13.3. The molecule has 2 aromatic rings. The molecule has 1 unspecified atom stereocenters. The summed E-state index contributed by atoms with van der Waals surface area (Å²) in [6.45, 7) is 4.52. The van der Waals surface area contributed by atoms with Gasteiger partial charge in [-0.1, -0.05) is 0 Å². The number of benzene rings is 1. The predicted molar refractivity (Wildman–Crippen MR) is 103 cm³/mol. The van der Waals surface area contributed by atoms with Crippen LogP contribution in [0, 0.1) is 0 Å². The number of aromatic nitrogens is 1. The lowest BCUT2D eigenvalue weighted by Gasteiger charge is -2.37. The first-order valence-electron chi connectivity index (χ1n) is 9.49. The van der Waals surface area contributed by atoms with Crippen LogP contribution < -0.4 is 4.74 Å². The van der Waals surface area contributed by atoms with Crippen molar-refractivity contribution >= 4 is 17.2 Å². The van der Waals surface area contributed by atoms with E-state index in [1.165, 1.54) is 11.3 Å². The maximum atomic E-state index is 13.1. The third kappa shape index (κ3) is 4.00. The zero-order valence-electron chi connectivity index (χ0n) is 15.4. The summed E-state index contributed by atoms with van der Waals surface area (Å²) < 4.78 is 16.8. The van der Waals surface area contributed by atoms with Gasteiger partial charge in [-0.05, 0) is 50.5 Å². The van der Waals surface area contributed by atoms with Crippen LogP contribution in [-0.4, -0.2) is 54.5 Å². The summed E-state index contributed by atoms with van der Waals surface area (Å²) in [7, 11) is 0. The molecule has 0 N–H and O–H groups in total. The van der Waals surface area contributed by atoms with Gasteiger partial charge >= 0.3 is 0 Å². The summed E-state index contributed by atoms with van der Waals surface area (Å²) >= 11 is 1.49. The van der Waals surface area contributed by atoms with Crippen LogP contribution in [0.5, 0.6) is 5.75 Å². The Morgan fingerprint density at radius 1 is 1.26 bits per heavy atom. The number of thiazole rings is 1. The maximum Gasteiger partial charge on any atom is 0.273 e. The van der Waals surface area contributed by atoms with Gasteiger partial charge in [-0.2, -0.15) is 0 Å². The fourth-order valence-electron chi connectivity index (χ4n) is 3.60. The van der Waals surface area contributed by atoms with Crippen molar-refractivity contribution in [3.05, 3.63) is 35.3 Å². The number of piperidine rings is 1. The van der Waals surface area contributed by atoms with Gasteiger partial charge in [0, 0.05) is 17.5 Å². The minimum Gasteiger partial charge on any atom is -0.494 e. The fraction of sp³-hybridized carbons (Fsp3) is 0.500. The quantitative estimate of drug-likeness (QED) is 0.784. The number of hydrogen-bond acceptors (Lipinski definition) is 6. The van der Waals surface area contributed by atoms with E-state index in [1.807, 2.05) is 41.5 Å². The minimum atomic E-state index is -0.307. The van der Waals surface area contributed by atoms with E-state index in [0.717, 1.165) is 42.1 Å². The molecule has 2 aliphatic heterocycles. The highest BCUT2D eigenvalue weighted by Gasteiger charge is 2.37. The predicted octanol–water partition coefficient (Wildman–Crippen LogP) is 3.58. The molecule has 2 saturated heterocycles. The number of rotatable bonds is 5. The molecular weight excluding hydrogens is 364 g/mol. The molecule has 144 valence electrons. The molecular formula is C20H24N2O4S. The molecule has 7 heteroatoms. The summed E-state index contributed by atoms with van der Waals surface area (Å²) in [5.41, 5.74) is 1.48. The van der Waals surface area contributed by atoms with Crippen LogP contribution in [0.1, 0.15) is 36.7 Å². The van der Waals surface area contributed by atoms with Gasteiger partial charge < -0.3 is 19.1 Å². The average Bonchev–Trinajstić information content (AvgIpc) is 3.41. The summed E-state index contributed by atoms with van der Waals surface area (Å²) in [6.07, 6.45) is 2.70. The van der Waals surface area contributed by atoms with Crippen molar-refractivity contribution in [2.75, 3.05) is 26.4 Å². The van der Waals surface area contributed by atoms with Gasteiger partial charge in [-0.25, -0.2) is 4.98 Å². The number of hydrogen-bond donors (Lipinski definition) is 0. The Labute approximate surface area is 163 Å². The summed E-state index contributed by atoms with van der Waals surface area (Å²) in [5, 5.41) is 2.68. The number of likely N-dealkylation sites (tertiary alicyclic amines) is 1. The molecule has 0 bridgehead atoms. The molecule has 0 radical (unpaired) electrons. The van der Waals surface area contributed by atoms with E-state index >= 15 is 0 Å². The Balaban J connectivity index is 1.50. The molecule has 3 heterocycles. The summed E-state index contributed by atoms with van der Waals surface area (Å²) in [5.74, 6) is 0.800. The van der Waals surface area contributed by atoms with Gasteiger partial charge in [0.05, 0.1) is 25.9 Å². The van der Waals surface area contributed by atoms with Crippen molar-refractivity contribution in [2.45, 2.75) is 38.5 Å². The van der Waals surface area contributed by atoms with Crippen molar-refractivity contribution in [1.29, 1.82) is 0 Å². The molecule has 1 aromatic carbocycles. The number of ether oxygens (including phenoxy) is 3. The zero-order chi connectivity index (χ0) is 18.6. The van der Waals surface area contributed by atoms with Gasteiger partial charge in [0.1, 0.15) is 16.5 Å². The first-order valence-corrected chi connectivity index (χ1v) is 10.4. The molecule has 2 aliphatic rings. The molecule has 0 spiro atoms. The summed E-state index contributed by atoms with van der Waals surface area (Å²) in [4.78, 5) is 19.6. The van der Waals surface area contributed by atoms with Crippen molar-refractivity contribution < 1.29 is 19.0 Å². The van der Waals surface area contributed by atoms with Crippen LogP contribution in [0.2, 0.25) is 0 Å². The number of amides is 1. The van der Waals surface area contributed by atoms with Gasteiger partial charge in [0.25, 0.3) is 5.91 Å². The van der Waals surface area contributed by atoms with Gasteiger partial charge in [0.15, 0.2) is 6.29 Å². The second-order valence-corrected chi connectivity index (χ2v) is 7.53. The SMILES string of the molecule is CCOc1ccc(-c2nc(C(=O)N3CCCCC3C3OCCO3)cs2)cc1. The lowest BCUT2D eigenvalue weighted by atomic mass is 10.0. The van der Waals surface area contributed by atoms with Gasteiger partial charge in [-0.3, -0.25) is 4.79 Å². The monoisotopic (exact) mass is 388 g/mol. The highest BCUT2D eigenvalue weighted by Crippen LogP contribution is 2.29. The van der Waals surface area contributed by atoms with Crippen molar-refractivity contribution in [3.63, 3.8) is 0 Å². The van der Waals surface area contributed by atoms with Crippen LogP contribution in [0.3, 0.4) is 0 Å². The van der Waals surface area contributed by atoms with Gasteiger partial charge in [-0.15, -0.1) is 11.3 Å². The molecule has 0 saturated carbocycles. The lowest BCUT2D eigenvalue weighted by Crippen LogP contribution is -2.50. The fourth-order valence-corrected chi connectivity index (χ4v) is 4.40. The van der Waals surface area contributed by atoms with E-state index in [-0.39, 0.29) is 18.2 Å². The Hall–Kier alpha value is -1.96. The smallest absolute Gasteiger partial charge is 0.273 e. The largest absolute Gasteiger partial charge is 0.494 e. The Morgan fingerprint density at radius 3 is 2.78 bits per heavy atom. The third-order valence-electron chi connectivity index (χ3n) is 4.91. The maximum absolute atomic E-state index is 13.1. The molecule has 27 heavy (non-hydrogen) atoms. The molecule has 1 atom stereocenters. The highest BCUT2D eigenvalue weighted by molar-refractivity contribution is 7.13. The van der Waals surface area contributed by atoms with E-state index < -0.39 is 0 Å². The van der Waals surface area contributed by atoms with Crippen molar-refractivity contribution in [3.8, 4) is 16.3 Å². The van der Waals surface area contributed by atoms with Crippen molar-refractivity contribution in [2.24, 2.45) is 0 Å². The van der Waals surface area contributed by atoms with Crippen molar-refractivity contribution in [1.82, 2.24) is 9.88 Å². The normalized spacial score (nSPS) is 20.8. The topological polar surface area (TPSA) is 60.9 Å². The Kier molecular flexibility index (Phi) is 5.71. The molecule has 1 amide bonds. The minimum absolute atomic E-state index is 0.0237. The lowest BCUT2D eigenvalue weighted by molar-refractivity contribution is -0.100. The highest BCUT2D eigenvalue weighted by atomic mass is 32.1. The van der Waals surface area contributed by atoms with Crippen LogP contribution in [0.25, 0.3) is 10.6 Å². The van der Waals surface area contributed by atoms with E-state index in [0.29, 0.717) is 25.5 Å². The second-order valence-electron chi connectivity index (χ2n) is 6.67. The van der Waals surface area contributed by atoms with E-state index in [1.54, 1.807) is 0 Å². The Bertz CT molecular complexity index is 771. The second kappa shape index (κ2) is 8.37. The molecule has 2 fully saturated rings. The van der Waals surface area contributed by atoms with Crippen LogP contribution in [-0.2, 0) is 9.47 Å².